The van der Waals surface area contributed by atoms with Crippen molar-refractivity contribution in [3.63, 3.8) is 0 Å². The van der Waals surface area contributed by atoms with Gasteiger partial charge >= 0.3 is 0 Å². The van der Waals surface area contributed by atoms with Crippen LogP contribution in [0.5, 0.6) is 5.75 Å². The third kappa shape index (κ3) is 26.1. The second kappa shape index (κ2) is 47.2. The number of rotatable bonds is 40. The van der Waals surface area contributed by atoms with E-state index in [1.807, 2.05) is 212 Å². The van der Waals surface area contributed by atoms with Crippen molar-refractivity contribution < 1.29 is 129 Å². The van der Waals surface area contributed by atoms with Gasteiger partial charge in [-0.15, -0.1) is 0 Å². The molecule has 8 N–H and O–H groups in total. The summed E-state index contributed by atoms with van der Waals surface area (Å²) in [7, 11) is 1.95. The van der Waals surface area contributed by atoms with E-state index in [1.54, 1.807) is 29.2 Å². The molecule has 5 fully saturated rings. The number of nitrogens with zero attached hydrogens (tertiary/aromatic N) is 1. The highest BCUT2D eigenvalue weighted by Crippen LogP contribution is 2.47. The first-order valence-electron chi connectivity index (χ1n) is 43.0. The molecule has 30 heteroatoms. The van der Waals surface area contributed by atoms with Gasteiger partial charge in [0.15, 0.2) is 12.6 Å². The number of ether oxygens (including phenoxy) is 14. The summed E-state index contributed by atoms with van der Waals surface area (Å²) < 4.78 is 145. The fraction of sp³-hybridized carbons (Fsp3) is 0.384. The second-order valence-corrected chi connectivity index (χ2v) is 35.1. The molecule has 15 rings (SSSR count). The van der Waals surface area contributed by atoms with E-state index in [-0.39, 0.29) is 71.8 Å². The van der Waals surface area contributed by atoms with Crippen LogP contribution in [-0.4, -0.2) is 216 Å². The second-order valence-electron chi connectivity index (χ2n) is 32.3. The zero-order valence-corrected chi connectivity index (χ0v) is 72.1. The minimum absolute atomic E-state index is 0.0440. The van der Waals surface area contributed by atoms with Crippen molar-refractivity contribution >= 4 is 31.3 Å². The maximum absolute atomic E-state index is 13.7. The van der Waals surface area contributed by atoms with Crippen LogP contribution in [0.3, 0.4) is 0 Å². The van der Waals surface area contributed by atoms with Crippen molar-refractivity contribution in [3.8, 4) is 5.75 Å². The number of anilines is 1. The summed E-state index contributed by atoms with van der Waals surface area (Å²) in [6.45, 7) is -0.285. The van der Waals surface area contributed by atoms with Gasteiger partial charge in [0.05, 0.1) is 96.5 Å². The fourth-order valence-corrected chi connectivity index (χ4v) is 17.5. The quantitative estimate of drug-likeness (QED) is 0.0131. The molecule has 10 aromatic rings. The zero-order valence-electron chi connectivity index (χ0n) is 70.5. The highest BCUT2D eigenvalue weighted by molar-refractivity contribution is 8.13. The topological polar surface area (TPSA) is 346 Å². The lowest BCUT2D eigenvalue weighted by molar-refractivity contribution is -0.362. The summed E-state index contributed by atoms with van der Waals surface area (Å²) in [5, 5.41) is 82.5. The molecule has 1 amide bonds. The summed E-state index contributed by atoms with van der Waals surface area (Å²) >= 11 is 0. The molecule has 26 nitrogen and oxygen atoms in total. The molecule has 0 bridgehead atoms. The first-order valence-corrected chi connectivity index (χ1v) is 45.4. The molecule has 0 radical (unpaired) electrons. The Morgan fingerprint density at radius 2 is 0.767 bits per heavy atom. The number of aliphatic hydroxyl groups is 8. The van der Waals surface area contributed by atoms with Crippen LogP contribution in [0, 0.1) is 17.6 Å². The number of hydrogen-bond donors (Lipinski definition) is 8. The van der Waals surface area contributed by atoms with Gasteiger partial charge in [0, 0.05) is 16.4 Å². The normalized spacial score (nSPS) is 27.8. The van der Waals surface area contributed by atoms with E-state index in [0.29, 0.717) is 30.0 Å². The maximum Gasteiger partial charge on any atom is 0.235 e. The molecule has 23 atom stereocenters. The van der Waals surface area contributed by atoms with Gasteiger partial charge in [0.25, 0.3) is 0 Å². The van der Waals surface area contributed by atoms with E-state index in [4.69, 9.17) is 77.0 Å². The molecule has 5 heterocycles. The van der Waals surface area contributed by atoms with E-state index in [9.17, 15) is 62.8 Å². The summed E-state index contributed by atoms with van der Waals surface area (Å²) in [6.07, 6.45) is -25.3. The van der Waals surface area contributed by atoms with Crippen LogP contribution in [0.2, 0.25) is 0 Å². The van der Waals surface area contributed by atoms with Gasteiger partial charge in [0.2, 0.25) is 15.0 Å². The maximum atomic E-state index is 13.7. The number of benzene rings is 10. The molecule has 0 spiro atoms. The van der Waals surface area contributed by atoms with Crippen LogP contribution in [0.15, 0.2) is 285 Å². The SMILES string of the molecule is O=C1C(CC[C@H](O)c2ccc(F)cc2)[C@@H](c2ccc(OCC3OC(CO)C(OC4OC(CO)C(O)C(O)C4O)C(O)C3O)cc2)N1c1ccc(F)cc1.O=S(=O)(Cl)CC1OC(COCc2ccccc2)C(OC2OC(COCc3ccccc3)C(OCc3ccccc3)C(OCc3ccccc3)C2OCc2ccccc2)C(OCc2ccccc2)C1OCc1ccccc1. The Morgan fingerprint density at radius 1 is 0.380 bits per heavy atom. The lowest BCUT2D eigenvalue weighted by Gasteiger charge is -2.50. The molecule has 0 aliphatic carbocycles. The number of aliphatic hydroxyl groups excluding tert-OH is 8. The van der Waals surface area contributed by atoms with Gasteiger partial charge in [0.1, 0.15) is 134 Å². The van der Waals surface area contributed by atoms with Crippen LogP contribution >= 0.6 is 10.7 Å². The van der Waals surface area contributed by atoms with E-state index < -0.39 is 180 Å². The summed E-state index contributed by atoms with van der Waals surface area (Å²) in [6, 6.07) is 86.0. The number of halogens is 3. The van der Waals surface area contributed by atoms with Gasteiger partial charge < -0.3 is 112 Å². The lowest BCUT2D eigenvalue weighted by Crippen LogP contribution is -2.66. The standard InChI is InChI=1S/C62H65ClO12S.C37H43F2NO13/c63-76(64,65)45-55-57(69-39-49-28-14-4-15-29-49)59(70-40-50-30-16-5-17-31-50)58(54(73-55)44-67-37-47-24-10-2-11-25-47)75-62-61(72-42-52-34-20-7-21-35-52)60(71-41-51-32-18-6-19-33-51)56(68-38-48-26-12-3-13-27-48)53(74-62)43-66-36-46-22-8-1-9-23-46;38-20-5-1-18(2-6-20)25(43)14-13-24-29(40(36(24)49)22-9-7-21(39)8-10-22)19-3-11-23(12-4-19)50-17-28-31(45)33(47)35(27(16-42)51-28)53-37-34(48)32(46)30(44)26(15-41)52-37/h1-35,53-62H,36-45H2;1-12,24-35,37,41-48H,13-17H2/t;24?,25-,26?,27?,28?,29+,30?,31?,32?,33?,34?,35?,37?/m.0/s1. The molecule has 21 unspecified atom stereocenters. The Hall–Kier alpha value is -9.27. The zero-order chi connectivity index (χ0) is 90.2. The van der Waals surface area contributed by atoms with Gasteiger partial charge in [-0.05, 0) is 111 Å². The number of carbonyl (C=O) groups is 1. The van der Waals surface area contributed by atoms with Crippen molar-refractivity contribution in [1.82, 2.24) is 0 Å². The van der Waals surface area contributed by atoms with Crippen molar-refractivity contribution in [2.75, 3.05) is 43.7 Å². The highest BCUT2D eigenvalue weighted by Gasteiger charge is 2.57. The first-order chi connectivity index (χ1) is 62.7. The largest absolute Gasteiger partial charge is 0.491 e. The van der Waals surface area contributed by atoms with Crippen molar-refractivity contribution in [2.24, 2.45) is 5.92 Å². The average molecular weight is 1820 g/mol. The summed E-state index contributed by atoms with van der Waals surface area (Å²) in [5.41, 5.74) is 8.19. The van der Waals surface area contributed by atoms with Crippen molar-refractivity contribution in [1.29, 1.82) is 0 Å². The fourth-order valence-electron chi connectivity index (χ4n) is 16.5. The molecule has 686 valence electrons. The molecule has 5 aliphatic heterocycles. The Labute approximate surface area is 752 Å². The number of amides is 1. The van der Waals surface area contributed by atoms with Crippen LogP contribution in [0.25, 0.3) is 0 Å². The predicted octanol–water partition coefficient (Wildman–Crippen LogP) is 11.0. The molecule has 10 aromatic carbocycles. The van der Waals surface area contributed by atoms with Gasteiger partial charge in [-0.2, -0.15) is 0 Å². The Balaban J connectivity index is 0.000000222. The van der Waals surface area contributed by atoms with Crippen LogP contribution in [0.1, 0.15) is 75.1 Å². The molecule has 0 aromatic heterocycles. The Morgan fingerprint density at radius 3 is 1.22 bits per heavy atom. The lowest BCUT2D eigenvalue weighted by atomic mass is 9.78. The summed E-state index contributed by atoms with van der Waals surface area (Å²) in [5.74, 6) is -1.87. The van der Waals surface area contributed by atoms with Crippen molar-refractivity contribution in [2.45, 2.75) is 194 Å². The minimum Gasteiger partial charge on any atom is -0.491 e. The Kier molecular flexibility index (Phi) is 35.1. The number of β-lactam (4-membered cyclic amide) rings is 1. The van der Waals surface area contributed by atoms with Crippen LogP contribution < -0.4 is 9.64 Å². The Bertz CT molecular complexity index is 5090. The van der Waals surface area contributed by atoms with Gasteiger partial charge in [-0.1, -0.05) is 237 Å². The highest BCUT2D eigenvalue weighted by atomic mass is 35.7. The summed E-state index contributed by atoms with van der Waals surface area (Å²) in [4.78, 5) is 15.0. The smallest absolute Gasteiger partial charge is 0.235 e. The number of carbonyl (C=O) groups excluding carboxylic acids is 1. The van der Waals surface area contributed by atoms with Gasteiger partial charge in [-0.3, -0.25) is 4.79 Å². The van der Waals surface area contributed by atoms with E-state index in [2.05, 4.69) is 0 Å². The molecule has 5 saturated heterocycles. The minimum atomic E-state index is -4.17. The van der Waals surface area contributed by atoms with E-state index in [1.165, 1.54) is 48.5 Å². The van der Waals surface area contributed by atoms with Crippen molar-refractivity contribution in [3.05, 3.63) is 347 Å². The van der Waals surface area contributed by atoms with E-state index >= 15 is 0 Å². The van der Waals surface area contributed by atoms with Crippen LogP contribution in [-0.2, 0) is 122 Å². The molecular formula is C99H108ClF2NO25S. The first kappa shape index (κ1) is 95.8. The monoisotopic (exact) mass is 1820 g/mol. The predicted molar refractivity (Wildman–Crippen MR) is 468 cm³/mol. The molecule has 129 heavy (non-hydrogen) atoms. The van der Waals surface area contributed by atoms with Crippen LogP contribution in [0.4, 0.5) is 14.5 Å². The molecule has 0 saturated carbocycles. The van der Waals surface area contributed by atoms with Gasteiger partial charge in [-0.25, -0.2) is 17.2 Å². The molecular weight excluding hydrogens is 1710 g/mol. The molecule has 5 aliphatic rings. The average Bonchev–Trinajstić information content (AvgIpc) is 0.752. The third-order valence-corrected chi connectivity index (χ3v) is 24.4. The van der Waals surface area contributed by atoms with E-state index in [0.717, 1.165) is 44.5 Å². The third-order valence-electron chi connectivity index (χ3n) is 23.3. The number of hydrogen-bond acceptors (Lipinski definition) is 25.